The minimum atomic E-state index is 0.572. The van der Waals surface area contributed by atoms with Gasteiger partial charge in [-0.15, -0.1) is 0 Å². The van der Waals surface area contributed by atoms with E-state index < -0.39 is 0 Å². The van der Waals surface area contributed by atoms with Crippen LogP contribution in [0.25, 0.3) is 0 Å². The van der Waals surface area contributed by atoms with E-state index in [1.165, 1.54) is 0 Å². The van der Waals surface area contributed by atoms with Crippen molar-refractivity contribution in [3.8, 4) is 5.75 Å². The second kappa shape index (κ2) is 2.74. The third-order valence-electron chi connectivity index (χ3n) is 0.932. The highest BCUT2D eigenvalue weighted by Crippen LogP contribution is 2.16. The summed E-state index contributed by atoms with van der Waals surface area (Å²) in [5.74, 6) is 0.572. The molecule has 0 spiro atoms. The van der Waals surface area contributed by atoms with Crippen LogP contribution in [0, 0.1) is 7.11 Å². The van der Waals surface area contributed by atoms with Crippen LogP contribution in [0.1, 0.15) is 0 Å². The Morgan fingerprint density at radius 1 is 1.44 bits per heavy atom. The molecule has 0 aromatic heterocycles. The van der Waals surface area contributed by atoms with Gasteiger partial charge in [-0.1, -0.05) is 17.7 Å². The fourth-order valence-electron chi connectivity index (χ4n) is 0.540. The summed E-state index contributed by atoms with van der Waals surface area (Å²) in [6.45, 7) is 0. The summed E-state index contributed by atoms with van der Waals surface area (Å²) < 4.78 is 4.41. The number of hydrogen-bond acceptors (Lipinski definition) is 1. The Morgan fingerprint density at radius 2 is 2.22 bits per heavy atom. The number of ether oxygens (including phenoxy) is 1. The predicted molar refractivity (Wildman–Crippen MR) is 36.4 cm³/mol. The minimum absolute atomic E-state index is 0.572. The van der Waals surface area contributed by atoms with E-state index in [0.717, 1.165) is 0 Å². The molecule has 0 atom stereocenters. The monoisotopic (exact) mass is 140 g/mol. The van der Waals surface area contributed by atoms with Crippen molar-refractivity contribution in [1.29, 1.82) is 0 Å². The summed E-state index contributed by atoms with van der Waals surface area (Å²) in [5.41, 5.74) is 0. The fraction of sp³-hybridized carbons (Fsp3) is 0. The first-order valence-electron chi connectivity index (χ1n) is 2.45. The molecule has 0 N–H and O–H groups in total. The normalized spacial score (nSPS) is 9.11. The van der Waals surface area contributed by atoms with Crippen molar-refractivity contribution >= 4 is 11.6 Å². The SMILES string of the molecule is [CH]Oc1cccc(Cl)c1. The van der Waals surface area contributed by atoms with E-state index in [1.54, 1.807) is 24.3 Å². The molecule has 2 heteroatoms. The first kappa shape index (κ1) is 6.43. The molecule has 1 nitrogen and oxygen atoms in total. The maximum absolute atomic E-state index is 5.59. The summed E-state index contributed by atoms with van der Waals surface area (Å²) >= 11 is 5.59. The van der Waals surface area contributed by atoms with Crippen LogP contribution in [0.4, 0.5) is 0 Å². The average Bonchev–Trinajstić information content (AvgIpc) is 1.88. The Hall–Kier alpha value is -0.690. The third kappa shape index (κ3) is 1.61. The van der Waals surface area contributed by atoms with E-state index in [0.29, 0.717) is 10.8 Å². The lowest BCUT2D eigenvalue weighted by atomic mass is 10.3. The molecule has 1 aromatic rings. The van der Waals surface area contributed by atoms with E-state index in [1.807, 2.05) is 0 Å². The van der Waals surface area contributed by atoms with Gasteiger partial charge in [0.25, 0.3) is 0 Å². The van der Waals surface area contributed by atoms with Crippen molar-refractivity contribution in [2.45, 2.75) is 0 Å². The van der Waals surface area contributed by atoms with Crippen molar-refractivity contribution in [3.05, 3.63) is 36.4 Å². The largest absolute Gasteiger partial charge is 0.482 e. The number of rotatable bonds is 1. The van der Waals surface area contributed by atoms with Gasteiger partial charge in [0.05, 0.1) is 0 Å². The minimum Gasteiger partial charge on any atom is -0.482 e. The summed E-state index contributed by atoms with van der Waals surface area (Å²) in [4.78, 5) is 0. The Morgan fingerprint density at radius 3 is 2.67 bits per heavy atom. The molecule has 46 valence electrons. The molecule has 0 unspecified atom stereocenters. The Bertz CT molecular complexity index is 198. The molecule has 0 saturated carbocycles. The molecule has 0 aliphatic heterocycles. The second-order valence-corrected chi connectivity index (χ2v) is 2.01. The summed E-state index contributed by atoms with van der Waals surface area (Å²) in [7, 11) is 4.86. The van der Waals surface area contributed by atoms with Crippen molar-refractivity contribution in [2.75, 3.05) is 0 Å². The van der Waals surface area contributed by atoms with Gasteiger partial charge >= 0.3 is 0 Å². The van der Waals surface area contributed by atoms with E-state index >= 15 is 0 Å². The molecule has 0 aliphatic rings. The van der Waals surface area contributed by atoms with Crippen LogP contribution in [0.15, 0.2) is 24.3 Å². The van der Waals surface area contributed by atoms with Gasteiger partial charge in [-0.05, 0) is 18.2 Å². The van der Waals surface area contributed by atoms with Crippen LogP contribution in [-0.4, -0.2) is 0 Å². The molecule has 0 fully saturated rings. The van der Waals surface area contributed by atoms with Crippen LogP contribution in [0.5, 0.6) is 5.75 Å². The van der Waals surface area contributed by atoms with Crippen LogP contribution >= 0.6 is 11.6 Å². The molecule has 0 aliphatic carbocycles. The van der Waals surface area contributed by atoms with E-state index in [4.69, 9.17) is 18.7 Å². The van der Waals surface area contributed by atoms with Gasteiger partial charge in [-0.2, -0.15) is 0 Å². The van der Waals surface area contributed by atoms with Crippen molar-refractivity contribution < 1.29 is 4.74 Å². The molecular formula is C7H5ClO. The van der Waals surface area contributed by atoms with Crippen molar-refractivity contribution in [1.82, 2.24) is 0 Å². The molecule has 1 aromatic carbocycles. The van der Waals surface area contributed by atoms with Crippen LogP contribution in [0.3, 0.4) is 0 Å². The van der Waals surface area contributed by atoms with E-state index in [9.17, 15) is 0 Å². The fourth-order valence-corrected chi connectivity index (χ4v) is 0.721. The first-order valence-corrected chi connectivity index (χ1v) is 2.83. The summed E-state index contributed by atoms with van der Waals surface area (Å²) in [6.07, 6.45) is 0. The second-order valence-electron chi connectivity index (χ2n) is 1.58. The van der Waals surface area contributed by atoms with Gasteiger partial charge in [0.15, 0.2) is 7.11 Å². The van der Waals surface area contributed by atoms with Crippen LogP contribution in [-0.2, 0) is 0 Å². The molecule has 0 amide bonds. The van der Waals surface area contributed by atoms with Gasteiger partial charge in [0.1, 0.15) is 5.75 Å². The number of benzene rings is 1. The van der Waals surface area contributed by atoms with E-state index in [-0.39, 0.29) is 0 Å². The lowest BCUT2D eigenvalue weighted by Gasteiger charge is -1.95. The quantitative estimate of drug-likeness (QED) is 0.582. The zero-order valence-corrected chi connectivity index (χ0v) is 5.43. The molecule has 1 rings (SSSR count). The number of halogens is 1. The highest BCUT2D eigenvalue weighted by atomic mass is 35.5. The van der Waals surface area contributed by atoms with Crippen LogP contribution in [0.2, 0.25) is 5.02 Å². The van der Waals surface area contributed by atoms with Gasteiger partial charge in [0, 0.05) is 5.02 Å². The maximum Gasteiger partial charge on any atom is 0.180 e. The summed E-state index contributed by atoms with van der Waals surface area (Å²) in [5, 5.41) is 0.623. The van der Waals surface area contributed by atoms with Gasteiger partial charge in [0.2, 0.25) is 0 Å². The van der Waals surface area contributed by atoms with Gasteiger partial charge in [-0.25, -0.2) is 0 Å². The summed E-state index contributed by atoms with van der Waals surface area (Å²) in [6, 6.07) is 6.89. The van der Waals surface area contributed by atoms with Gasteiger partial charge < -0.3 is 4.74 Å². The first-order chi connectivity index (χ1) is 4.33. The van der Waals surface area contributed by atoms with Crippen molar-refractivity contribution in [3.63, 3.8) is 0 Å². The standard InChI is InChI=1S/C7H5ClO/c1-9-7-4-2-3-6(8)5-7/h1-5H. The lowest BCUT2D eigenvalue weighted by molar-refractivity contribution is 0.473. The molecule has 9 heavy (non-hydrogen) atoms. The molecular weight excluding hydrogens is 136 g/mol. The maximum atomic E-state index is 5.59. The lowest BCUT2D eigenvalue weighted by Crippen LogP contribution is -1.76. The average molecular weight is 141 g/mol. The number of hydrogen-bond donors (Lipinski definition) is 0. The molecule has 0 heterocycles. The Balaban J connectivity index is 2.94. The van der Waals surface area contributed by atoms with Crippen LogP contribution < -0.4 is 4.74 Å². The highest BCUT2D eigenvalue weighted by molar-refractivity contribution is 6.30. The molecule has 0 saturated heterocycles. The third-order valence-corrected chi connectivity index (χ3v) is 1.17. The predicted octanol–water partition coefficient (Wildman–Crippen LogP) is 2.39. The zero-order chi connectivity index (χ0) is 6.69. The molecule has 0 bridgehead atoms. The van der Waals surface area contributed by atoms with Crippen molar-refractivity contribution in [2.24, 2.45) is 0 Å². The Kier molecular flexibility index (Phi) is 1.96. The van der Waals surface area contributed by atoms with E-state index in [2.05, 4.69) is 4.74 Å². The highest BCUT2D eigenvalue weighted by Gasteiger charge is 1.88. The smallest absolute Gasteiger partial charge is 0.180 e. The topological polar surface area (TPSA) is 9.23 Å². The Labute approximate surface area is 59.2 Å². The zero-order valence-electron chi connectivity index (χ0n) is 4.67. The molecule has 2 radical (unpaired) electrons. The van der Waals surface area contributed by atoms with Gasteiger partial charge in [-0.3, -0.25) is 0 Å².